The molecule has 3 nitrogen and oxygen atoms in total. The fraction of sp³-hybridized carbons (Fsp3) is 0.923. The Morgan fingerprint density at radius 3 is 2.89 bits per heavy atom. The zero-order valence-electron chi connectivity index (χ0n) is 12.2. The standard InChI is InChI=1S/C13H27N3S2/c1-5-14-12(15-7-6-9-17-4)16-8-10-18-13(2,3)11-16/h5-11H2,1-4H3,(H,14,15). The Morgan fingerprint density at radius 2 is 2.28 bits per heavy atom. The van der Waals surface area contributed by atoms with Gasteiger partial charge >= 0.3 is 0 Å². The van der Waals surface area contributed by atoms with Crippen LogP contribution in [0.3, 0.4) is 0 Å². The molecule has 0 spiro atoms. The minimum Gasteiger partial charge on any atom is -0.357 e. The summed E-state index contributed by atoms with van der Waals surface area (Å²) in [6.45, 7) is 10.9. The molecule has 0 radical (unpaired) electrons. The minimum absolute atomic E-state index is 0.341. The van der Waals surface area contributed by atoms with Gasteiger partial charge in [-0.15, -0.1) is 0 Å². The van der Waals surface area contributed by atoms with Gasteiger partial charge in [0.1, 0.15) is 0 Å². The predicted octanol–water partition coefficient (Wildman–Crippen LogP) is 2.53. The summed E-state index contributed by atoms with van der Waals surface area (Å²) in [6.07, 6.45) is 3.32. The van der Waals surface area contributed by atoms with E-state index in [0.29, 0.717) is 4.75 Å². The number of aliphatic imine (C=N–C) groups is 1. The molecule has 0 saturated carbocycles. The summed E-state index contributed by atoms with van der Waals surface area (Å²) in [5.41, 5.74) is 0. The van der Waals surface area contributed by atoms with Crippen molar-refractivity contribution in [2.24, 2.45) is 4.99 Å². The average molecular weight is 290 g/mol. The Balaban J connectivity index is 2.54. The molecule has 1 rings (SSSR count). The van der Waals surface area contributed by atoms with Gasteiger partial charge in [0.15, 0.2) is 5.96 Å². The third kappa shape index (κ3) is 5.74. The van der Waals surface area contributed by atoms with Crippen LogP contribution in [0.2, 0.25) is 0 Å². The van der Waals surface area contributed by atoms with E-state index in [-0.39, 0.29) is 0 Å². The molecule has 1 heterocycles. The van der Waals surface area contributed by atoms with Crippen molar-refractivity contribution in [2.75, 3.05) is 43.9 Å². The molecular weight excluding hydrogens is 262 g/mol. The molecule has 0 aliphatic carbocycles. The monoisotopic (exact) mass is 289 g/mol. The normalized spacial score (nSPS) is 20.0. The van der Waals surface area contributed by atoms with Crippen LogP contribution in [0.25, 0.3) is 0 Å². The van der Waals surface area contributed by atoms with Crippen molar-refractivity contribution in [2.45, 2.75) is 31.9 Å². The molecule has 0 unspecified atom stereocenters. The van der Waals surface area contributed by atoms with E-state index in [1.165, 1.54) is 17.9 Å². The van der Waals surface area contributed by atoms with E-state index >= 15 is 0 Å². The van der Waals surface area contributed by atoms with Gasteiger partial charge in [0, 0.05) is 36.7 Å². The summed E-state index contributed by atoms with van der Waals surface area (Å²) in [4.78, 5) is 7.16. The molecule has 1 saturated heterocycles. The van der Waals surface area contributed by atoms with Crippen molar-refractivity contribution in [1.82, 2.24) is 10.2 Å². The molecule has 1 fully saturated rings. The highest BCUT2D eigenvalue weighted by molar-refractivity contribution is 8.00. The van der Waals surface area contributed by atoms with E-state index in [4.69, 9.17) is 4.99 Å². The highest BCUT2D eigenvalue weighted by atomic mass is 32.2. The molecule has 0 aromatic carbocycles. The van der Waals surface area contributed by atoms with E-state index in [9.17, 15) is 0 Å². The Labute approximate surface area is 121 Å². The summed E-state index contributed by atoms with van der Waals surface area (Å²) in [5.74, 6) is 3.50. The lowest BCUT2D eigenvalue weighted by molar-refractivity contribution is 0.376. The van der Waals surface area contributed by atoms with Crippen LogP contribution in [0.1, 0.15) is 27.2 Å². The summed E-state index contributed by atoms with van der Waals surface area (Å²) >= 11 is 3.96. The van der Waals surface area contributed by atoms with Crippen LogP contribution in [0.15, 0.2) is 4.99 Å². The molecule has 0 amide bonds. The summed E-state index contributed by atoms with van der Waals surface area (Å²) < 4.78 is 0.341. The Morgan fingerprint density at radius 1 is 1.50 bits per heavy atom. The summed E-state index contributed by atoms with van der Waals surface area (Å²) in [6, 6.07) is 0. The van der Waals surface area contributed by atoms with Crippen LogP contribution in [-0.4, -0.2) is 59.5 Å². The molecule has 5 heteroatoms. The van der Waals surface area contributed by atoms with Crippen LogP contribution in [0, 0.1) is 0 Å². The van der Waals surface area contributed by atoms with Gasteiger partial charge in [-0.3, -0.25) is 4.99 Å². The van der Waals surface area contributed by atoms with Crippen molar-refractivity contribution >= 4 is 29.5 Å². The largest absolute Gasteiger partial charge is 0.357 e. The molecule has 18 heavy (non-hydrogen) atoms. The maximum Gasteiger partial charge on any atom is 0.193 e. The van der Waals surface area contributed by atoms with Gasteiger partial charge in [-0.25, -0.2) is 0 Å². The van der Waals surface area contributed by atoms with E-state index < -0.39 is 0 Å². The number of thioether (sulfide) groups is 2. The molecule has 0 atom stereocenters. The fourth-order valence-corrected chi connectivity index (χ4v) is 3.55. The Kier molecular flexibility index (Phi) is 7.30. The van der Waals surface area contributed by atoms with E-state index in [2.05, 4.69) is 49.0 Å². The average Bonchev–Trinajstić information content (AvgIpc) is 2.32. The maximum absolute atomic E-state index is 4.75. The number of nitrogens with one attached hydrogen (secondary N) is 1. The van der Waals surface area contributed by atoms with Crippen molar-refractivity contribution in [1.29, 1.82) is 0 Å². The molecule has 1 aliphatic rings. The van der Waals surface area contributed by atoms with Crippen molar-refractivity contribution < 1.29 is 0 Å². The van der Waals surface area contributed by atoms with Crippen molar-refractivity contribution in [3.05, 3.63) is 0 Å². The highest BCUT2D eigenvalue weighted by Gasteiger charge is 2.28. The lowest BCUT2D eigenvalue weighted by Gasteiger charge is -2.39. The topological polar surface area (TPSA) is 27.6 Å². The molecule has 1 aliphatic heterocycles. The van der Waals surface area contributed by atoms with Gasteiger partial charge in [0.05, 0.1) is 0 Å². The second-order valence-corrected chi connectivity index (χ2v) is 7.90. The Bertz CT molecular complexity index is 267. The van der Waals surface area contributed by atoms with Gasteiger partial charge in [-0.2, -0.15) is 23.5 Å². The second-order valence-electron chi connectivity index (χ2n) is 5.11. The van der Waals surface area contributed by atoms with Crippen LogP contribution >= 0.6 is 23.5 Å². The van der Waals surface area contributed by atoms with Gasteiger partial charge in [0.25, 0.3) is 0 Å². The van der Waals surface area contributed by atoms with Gasteiger partial charge in [0.2, 0.25) is 0 Å². The first-order valence-corrected chi connectivity index (χ1v) is 9.13. The number of rotatable bonds is 5. The predicted molar refractivity (Wildman–Crippen MR) is 87.1 cm³/mol. The lowest BCUT2D eigenvalue weighted by Crippen LogP contribution is -2.51. The summed E-state index contributed by atoms with van der Waals surface area (Å²) in [5, 5.41) is 3.43. The number of guanidine groups is 1. The van der Waals surface area contributed by atoms with Crippen molar-refractivity contribution in [3.63, 3.8) is 0 Å². The molecule has 0 bridgehead atoms. The van der Waals surface area contributed by atoms with Gasteiger partial charge in [-0.05, 0) is 39.2 Å². The number of hydrogen-bond donors (Lipinski definition) is 1. The SMILES string of the molecule is CCNC(=NCCCSC)N1CCSC(C)(C)C1. The molecule has 0 aromatic rings. The minimum atomic E-state index is 0.341. The lowest BCUT2D eigenvalue weighted by atomic mass is 10.2. The zero-order valence-corrected chi connectivity index (χ0v) is 13.8. The number of hydrogen-bond acceptors (Lipinski definition) is 3. The second kappa shape index (κ2) is 8.20. The van der Waals surface area contributed by atoms with E-state index in [1.54, 1.807) is 0 Å². The van der Waals surface area contributed by atoms with Crippen LogP contribution in [0.5, 0.6) is 0 Å². The first kappa shape index (κ1) is 16.0. The summed E-state index contributed by atoms with van der Waals surface area (Å²) in [7, 11) is 0. The molecular formula is C13H27N3S2. The molecule has 1 N–H and O–H groups in total. The van der Waals surface area contributed by atoms with Crippen LogP contribution in [-0.2, 0) is 0 Å². The highest BCUT2D eigenvalue weighted by Crippen LogP contribution is 2.29. The third-order valence-corrected chi connectivity index (χ3v) is 4.82. The smallest absolute Gasteiger partial charge is 0.193 e. The Hall–Kier alpha value is -0.0300. The first-order chi connectivity index (χ1) is 8.59. The van der Waals surface area contributed by atoms with E-state index in [0.717, 1.165) is 32.1 Å². The quantitative estimate of drug-likeness (QED) is 0.478. The van der Waals surface area contributed by atoms with Crippen LogP contribution < -0.4 is 5.32 Å². The van der Waals surface area contributed by atoms with Gasteiger partial charge < -0.3 is 10.2 Å². The molecule has 106 valence electrons. The van der Waals surface area contributed by atoms with Crippen molar-refractivity contribution in [3.8, 4) is 0 Å². The fourth-order valence-electron chi connectivity index (χ4n) is 2.02. The zero-order chi connectivity index (χ0) is 13.4. The van der Waals surface area contributed by atoms with Gasteiger partial charge in [-0.1, -0.05) is 0 Å². The first-order valence-electron chi connectivity index (χ1n) is 6.75. The third-order valence-electron chi connectivity index (χ3n) is 2.83. The van der Waals surface area contributed by atoms with Crippen LogP contribution in [0.4, 0.5) is 0 Å². The number of nitrogens with zero attached hydrogens (tertiary/aromatic N) is 2. The molecule has 0 aromatic heterocycles. The van der Waals surface area contributed by atoms with E-state index in [1.807, 2.05) is 11.8 Å². The maximum atomic E-state index is 4.75.